The van der Waals surface area contributed by atoms with E-state index in [0.29, 0.717) is 11.6 Å². The maximum absolute atomic E-state index is 13.2. The highest BCUT2D eigenvalue weighted by Gasteiger charge is 2.15. The van der Waals surface area contributed by atoms with Gasteiger partial charge in [0, 0.05) is 17.6 Å². The summed E-state index contributed by atoms with van der Waals surface area (Å²) in [7, 11) is 1.99. The third-order valence-corrected chi connectivity index (χ3v) is 2.82. The molecule has 0 saturated carbocycles. The molecule has 0 heterocycles. The summed E-state index contributed by atoms with van der Waals surface area (Å²) in [5, 5.41) is 0.415. The van der Waals surface area contributed by atoms with E-state index >= 15 is 0 Å². The molecule has 0 saturated heterocycles. The molecule has 0 aliphatic rings. The predicted octanol–water partition coefficient (Wildman–Crippen LogP) is 2.82. The summed E-state index contributed by atoms with van der Waals surface area (Å²) < 4.78 is 13.2. The largest absolute Gasteiger partial charge is 0.329 e. The monoisotopic (exact) mass is 244 g/mol. The van der Waals surface area contributed by atoms with Gasteiger partial charge in [-0.05, 0) is 43.8 Å². The van der Waals surface area contributed by atoms with Gasteiger partial charge in [-0.25, -0.2) is 4.39 Å². The van der Waals surface area contributed by atoms with Crippen LogP contribution in [0.3, 0.4) is 0 Å². The molecule has 1 aromatic carbocycles. The van der Waals surface area contributed by atoms with Crippen LogP contribution in [0.15, 0.2) is 18.2 Å². The Morgan fingerprint density at radius 2 is 2.12 bits per heavy atom. The zero-order valence-electron chi connectivity index (χ0n) is 9.71. The summed E-state index contributed by atoms with van der Waals surface area (Å²) in [5.74, 6) is -0.314. The second-order valence-electron chi connectivity index (χ2n) is 3.93. The summed E-state index contributed by atoms with van der Waals surface area (Å²) in [6.45, 7) is 3.48. The molecule has 1 atom stereocenters. The van der Waals surface area contributed by atoms with Crippen LogP contribution in [-0.2, 0) is 0 Å². The molecule has 16 heavy (non-hydrogen) atoms. The zero-order valence-corrected chi connectivity index (χ0v) is 10.5. The molecule has 90 valence electrons. The minimum atomic E-state index is -0.314. The topological polar surface area (TPSA) is 29.3 Å². The van der Waals surface area contributed by atoms with Crippen LogP contribution < -0.4 is 5.73 Å². The number of halogens is 2. The first kappa shape index (κ1) is 13.4. The number of benzene rings is 1. The Hall–Kier alpha value is -0.640. The third kappa shape index (κ3) is 3.44. The van der Waals surface area contributed by atoms with Crippen molar-refractivity contribution in [2.75, 3.05) is 20.1 Å². The number of nitrogens with two attached hydrogens (primary N) is 1. The quantitative estimate of drug-likeness (QED) is 0.863. The van der Waals surface area contributed by atoms with Gasteiger partial charge in [0.1, 0.15) is 5.82 Å². The van der Waals surface area contributed by atoms with Gasteiger partial charge in [0.25, 0.3) is 0 Å². The summed E-state index contributed by atoms with van der Waals surface area (Å²) in [4.78, 5) is 2.12. The predicted molar refractivity (Wildman–Crippen MR) is 66.1 cm³/mol. The Kier molecular flexibility index (Phi) is 5.19. The van der Waals surface area contributed by atoms with Crippen molar-refractivity contribution in [3.8, 4) is 0 Å². The fourth-order valence-electron chi connectivity index (χ4n) is 1.85. The minimum absolute atomic E-state index is 0.0214. The molecule has 0 spiro atoms. The van der Waals surface area contributed by atoms with Gasteiger partial charge in [-0.3, -0.25) is 4.90 Å². The van der Waals surface area contributed by atoms with Crippen LogP contribution in [0.25, 0.3) is 0 Å². The zero-order chi connectivity index (χ0) is 12.1. The van der Waals surface area contributed by atoms with Crippen LogP contribution in [0.1, 0.15) is 24.9 Å². The van der Waals surface area contributed by atoms with Crippen molar-refractivity contribution < 1.29 is 4.39 Å². The number of hydrogen-bond donors (Lipinski definition) is 1. The standard InChI is InChI=1S/C12H18ClFN2/c1-3-4-16(2)12(8-15)9-5-10(13)7-11(14)6-9/h5-7,12H,3-4,8,15H2,1-2H3. The molecular formula is C12H18ClFN2. The molecule has 2 N–H and O–H groups in total. The van der Waals surface area contributed by atoms with Crippen molar-refractivity contribution in [2.24, 2.45) is 5.73 Å². The Morgan fingerprint density at radius 3 is 2.62 bits per heavy atom. The normalized spacial score (nSPS) is 13.1. The van der Waals surface area contributed by atoms with E-state index < -0.39 is 0 Å². The van der Waals surface area contributed by atoms with Crippen LogP contribution in [0, 0.1) is 5.82 Å². The van der Waals surface area contributed by atoms with Gasteiger partial charge in [0.15, 0.2) is 0 Å². The molecule has 2 nitrogen and oxygen atoms in total. The first-order chi connectivity index (χ1) is 7.58. The van der Waals surface area contributed by atoms with E-state index in [-0.39, 0.29) is 11.9 Å². The second-order valence-corrected chi connectivity index (χ2v) is 4.37. The maximum Gasteiger partial charge on any atom is 0.125 e. The van der Waals surface area contributed by atoms with Crippen molar-refractivity contribution in [1.82, 2.24) is 4.90 Å². The van der Waals surface area contributed by atoms with Crippen LogP contribution in [0.5, 0.6) is 0 Å². The Balaban J connectivity index is 2.94. The van der Waals surface area contributed by atoms with E-state index in [1.54, 1.807) is 6.07 Å². The first-order valence-electron chi connectivity index (χ1n) is 5.44. The van der Waals surface area contributed by atoms with Gasteiger partial charge in [-0.2, -0.15) is 0 Å². The highest BCUT2D eigenvalue weighted by molar-refractivity contribution is 6.30. The smallest absolute Gasteiger partial charge is 0.125 e. The highest BCUT2D eigenvalue weighted by atomic mass is 35.5. The third-order valence-electron chi connectivity index (χ3n) is 2.60. The molecule has 0 fully saturated rings. The van der Waals surface area contributed by atoms with Crippen molar-refractivity contribution in [3.05, 3.63) is 34.6 Å². The average Bonchev–Trinajstić information content (AvgIpc) is 2.17. The Morgan fingerprint density at radius 1 is 1.44 bits per heavy atom. The lowest BCUT2D eigenvalue weighted by molar-refractivity contribution is 0.250. The maximum atomic E-state index is 13.2. The molecule has 1 unspecified atom stereocenters. The van der Waals surface area contributed by atoms with Crippen LogP contribution in [0.4, 0.5) is 4.39 Å². The van der Waals surface area contributed by atoms with Crippen molar-refractivity contribution in [2.45, 2.75) is 19.4 Å². The van der Waals surface area contributed by atoms with Gasteiger partial charge in [0.05, 0.1) is 0 Å². The molecule has 0 aromatic heterocycles. The van der Waals surface area contributed by atoms with E-state index in [2.05, 4.69) is 11.8 Å². The SMILES string of the molecule is CCCN(C)C(CN)c1cc(F)cc(Cl)c1. The second kappa shape index (κ2) is 6.18. The fourth-order valence-corrected chi connectivity index (χ4v) is 2.08. The van der Waals surface area contributed by atoms with E-state index in [1.165, 1.54) is 12.1 Å². The van der Waals surface area contributed by atoms with Crippen LogP contribution in [0.2, 0.25) is 5.02 Å². The molecule has 0 aliphatic heterocycles. The number of likely N-dealkylation sites (N-methyl/N-ethyl adjacent to an activating group) is 1. The fraction of sp³-hybridized carbons (Fsp3) is 0.500. The van der Waals surface area contributed by atoms with Gasteiger partial charge >= 0.3 is 0 Å². The van der Waals surface area contributed by atoms with Gasteiger partial charge in [-0.15, -0.1) is 0 Å². The lowest BCUT2D eigenvalue weighted by Gasteiger charge is -2.27. The summed E-state index contributed by atoms with van der Waals surface area (Å²) in [5.41, 5.74) is 6.57. The van der Waals surface area contributed by atoms with Crippen LogP contribution >= 0.6 is 11.6 Å². The van der Waals surface area contributed by atoms with Gasteiger partial charge in [-0.1, -0.05) is 18.5 Å². The molecule has 1 rings (SSSR count). The van der Waals surface area contributed by atoms with Gasteiger partial charge in [0.2, 0.25) is 0 Å². The molecule has 0 radical (unpaired) electrons. The van der Waals surface area contributed by atoms with Crippen molar-refractivity contribution >= 4 is 11.6 Å². The molecule has 0 bridgehead atoms. The van der Waals surface area contributed by atoms with E-state index in [9.17, 15) is 4.39 Å². The minimum Gasteiger partial charge on any atom is -0.329 e. The van der Waals surface area contributed by atoms with Crippen molar-refractivity contribution in [3.63, 3.8) is 0 Å². The lowest BCUT2D eigenvalue weighted by Crippen LogP contribution is -2.31. The molecule has 4 heteroatoms. The summed E-state index contributed by atoms with van der Waals surface area (Å²) in [6, 6.07) is 4.59. The Labute approximate surface area is 101 Å². The number of rotatable bonds is 5. The molecule has 0 amide bonds. The average molecular weight is 245 g/mol. The Bertz CT molecular complexity index is 324. The highest BCUT2D eigenvalue weighted by Crippen LogP contribution is 2.23. The number of hydrogen-bond acceptors (Lipinski definition) is 2. The van der Waals surface area contributed by atoms with Gasteiger partial charge < -0.3 is 5.73 Å². The molecule has 1 aromatic rings. The van der Waals surface area contributed by atoms with Crippen LogP contribution in [-0.4, -0.2) is 25.0 Å². The van der Waals surface area contributed by atoms with Crippen molar-refractivity contribution in [1.29, 1.82) is 0 Å². The van der Waals surface area contributed by atoms with E-state index in [0.717, 1.165) is 18.5 Å². The lowest BCUT2D eigenvalue weighted by atomic mass is 10.1. The first-order valence-corrected chi connectivity index (χ1v) is 5.82. The number of nitrogens with zero attached hydrogens (tertiary/aromatic N) is 1. The summed E-state index contributed by atoms with van der Waals surface area (Å²) >= 11 is 5.83. The van der Waals surface area contributed by atoms with E-state index in [4.69, 9.17) is 17.3 Å². The van der Waals surface area contributed by atoms with E-state index in [1.807, 2.05) is 7.05 Å². The molecular weight excluding hydrogens is 227 g/mol. The summed E-state index contributed by atoms with van der Waals surface area (Å²) in [6.07, 6.45) is 1.04. The molecule has 0 aliphatic carbocycles.